The minimum atomic E-state index is 0.490. The van der Waals surface area contributed by atoms with Gasteiger partial charge in [0, 0.05) is 12.3 Å². The van der Waals surface area contributed by atoms with Gasteiger partial charge in [-0.2, -0.15) is 0 Å². The first-order chi connectivity index (χ1) is 8.65. The fraction of sp³-hybridized carbons (Fsp3) is 0.562. The van der Waals surface area contributed by atoms with Crippen LogP contribution in [0.25, 0.3) is 0 Å². The molecule has 1 aliphatic rings. The van der Waals surface area contributed by atoms with Crippen LogP contribution in [0.5, 0.6) is 0 Å². The highest BCUT2D eigenvalue weighted by Crippen LogP contribution is 2.19. The van der Waals surface area contributed by atoms with Crippen LogP contribution in [0.2, 0.25) is 0 Å². The zero-order chi connectivity index (χ0) is 13.5. The number of nitrogens with one attached hydrogen (secondary N) is 1. The van der Waals surface area contributed by atoms with E-state index in [1.165, 1.54) is 5.84 Å². The molecule has 0 aromatic rings. The lowest BCUT2D eigenvalue weighted by Gasteiger charge is -2.22. The number of allylic oxidation sites excluding steroid dienone is 1. The zero-order valence-electron chi connectivity index (χ0n) is 11.9. The van der Waals surface area contributed by atoms with Gasteiger partial charge in [0.25, 0.3) is 0 Å². The third-order valence-corrected chi connectivity index (χ3v) is 3.70. The molecular formula is C16H27N2+. The summed E-state index contributed by atoms with van der Waals surface area (Å²) < 4.78 is 2.53. The molecule has 1 aliphatic heterocycles. The lowest BCUT2D eigenvalue weighted by molar-refractivity contribution is -0.595. The first-order valence-corrected chi connectivity index (χ1v) is 6.86. The molecule has 0 aliphatic carbocycles. The van der Waals surface area contributed by atoms with Crippen molar-refractivity contribution in [1.29, 1.82) is 0 Å². The smallest absolute Gasteiger partial charge is 0.249 e. The Bertz CT molecular complexity index is 341. The van der Waals surface area contributed by atoms with Crippen LogP contribution in [0.3, 0.4) is 0 Å². The van der Waals surface area contributed by atoms with Gasteiger partial charge in [-0.05, 0) is 13.3 Å². The molecule has 3 unspecified atom stereocenters. The fourth-order valence-corrected chi connectivity index (χ4v) is 2.77. The van der Waals surface area contributed by atoms with Gasteiger partial charge >= 0.3 is 0 Å². The van der Waals surface area contributed by atoms with Crippen molar-refractivity contribution in [3.05, 3.63) is 38.0 Å². The largest absolute Gasteiger partial charge is 0.274 e. The highest BCUT2D eigenvalue weighted by molar-refractivity contribution is 5.79. The molecule has 1 heterocycles. The van der Waals surface area contributed by atoms with Gasteiger partial charge in [-0.15, -0.1) is 19.7 Å². The second-order valence-corrected chi connectivity index (χ2v) is 5.17. The van der Waals surface area contributed by atoms with Crippen molar-refractivity contribution in [2.24, 2.45) is 5.92 Å². The third-order valence-electron chi connectivity index (χ3n) is 3.70. The molecule has 0 amide bonds. The van der Waals surface area contributed by atoms with Gasteiger partial charge in [0.1, 0.15) is 12.6 Å². The Hall–Kier alpha value is -1.31. The Balaban J connectivity index is 2.94. The minimum absolute atomic E-state index is 0.490. The number of hydrogen-bond acceptors (Lipinski definition) is 1. The predicted molar refractivity (Wildman–Crippen MR) is 80.1 cm³/mol. The standard InChI is InChI=1S/C16H26N2/c1-6-9-13(4)15-12-17-16(11-8-3)18(15)14(5)10-7-2/h6-8,13-15H,1-3,9-12H2,4-5H3/p+1. The maximum Gasteiger partial charge on any atom is 0.249 e. The van der Waals surface area contributed by atoms with E-state index in [1.807, 2.05) is 18.2 Å². The summed E-state index contributed by atoms with van der Waals surface area (Å²) in [5.41, 5.74) is 0. The molecule has 2 heteroatoms. The quantitative estimate of drug-likeness (QED) is 0.514. The van der Waals surface area contributed by atoms with Gasteiger partial charge in [-0.3, -0.25) is 9.89 Å². The maximum absolute atomic E-state index is 3.86. The highest BCUT2D eigenvalue weighted by Gasteiger charge is 2.36. The van der Waals surface area contributed by atoms with Gasteiger partial charge in [0.2, 0.25) is 5.84 Å². The molecule has 18 heavy (non-hydrogen) atoms. The minimum Gasteiger partial charge on any atom is -0.274 e. The van der Waals surface area contributed by atoms with Crippen LogP contribution in [0.15, 0.2) is 38.0 Å². The summed E-state index contributed by atoms with van der Waals surface area (Å²) in [6.45, 7) is 17.2. The molecule has 100 valence electrons. The Morgan fingerprint density at radius 2 is 1.89 bits per heavy atom. The van der Waals surface area contributed by atoms with E-state index < -0.39 is 0 Å². The first-order valence-electron chi connectivity index (χ1n) is 6.86. The lowest BCUT2D eigenvalue weighted by Crippen LogP contribution is -2.38. The average molecular weight is 247 g/mol. The van der Waals surface area contributed by atoms with Gasteiger partial charge in [-0.1, -0.05) is 25.2 Å². The van der Waals surface area contributed by atoms with Crippen molar-refractivity contribution in [3.8, 4) is 0 Å². The topological polar surface area (TPSA) is 15.0 Å². The highest BCUT2D eigenvalue weighted by atomic mass is 15.2. The van der Waals surface area contributed by atoms with Crippen molar-refractivity contribution in [1.82, 2.24) is 5.32 Å². The Morgan fingerprint density at radius 3 is 2.44 bits per heavy atom. The number of hydrogen-bond donors (Lipinski definition) is 1. The summed E-state index contributed by atoms with van der Waals surface area (Å²) in [4.78, 5) is 0. The molecule has 1 N–H and O–H groups in total. The molecule has 1 rings (SSSR count). The lowest BCUT2D eigenvalue weighted by atomic mass is 9.97. The second kappa shape index (κ2) is 7.20. The molecule has 0 saturated heterocycles. The van der Waals surface area contributed by atoms with Crippen molar-refractivity contribution < 1.29 is 4.58 Å². The van der Waals surface area contributed by atoms with Gasteiger partial charge in [-0.25, -0.2) is 0 Å². The van der Waals surface area contributed by atoms with Crippen LogP contribution < -0.4 is 5.32 Å². The van der Waals surface area contributed by atoms with E-state index in [-0.39, 0.29) is 0 Å². The third kappa shape index (κ3) is 3.34. The van der Waals surface area contributed by atoms with Crippen LogP contribution in [-0.4, -0.2) is 29.0 Å². The zero-order valence-corrected chi connectivity index (χ0v) is 11.9. The van der Waals surface area contributed by atoms with E-state index in [4.69, 9.17) is 0 Å². The number of nitrogens with zero attached hydrogens (tertiary/aromatic N) is 1. The maximum atomic E-state index is 3.86. The summed E-state index contributed by atoms with van der Waals surface area (Å²) >= 11 is 0. The van der Waals surface area contributed by atoms with Gasteiger partial charge < -0.3 is 0 Å². The average Bonchev–Trinajstić information content (AvgIpc) is 2.74. The van der Waals surface area contributed by atoms with Crippen LogP contribution in [-0.2, 0) is 0 Å². The van der Waals surface area contributed by atoms with E-state index in [0.717, 1.165) is 25.8 Å². The molecule has 0 aromatic carbocycles. The molecule has 0 fully saturated rings. The SMILES string of the molecule is C=CCC1=[N+](C(C)CC=C)C(C(C)CC=C)CN1. The molecule has 0 saturated carbocycles. The number of rotatable bonds is 8. The molecule has 0 bridgehead atoms. The van der Waals surface area contributed by atoms with Crippen LogP contribution in [0, 0.1) is 5.92 Å². The van der Waals surface area contributed by atoms with Crippen molar-refractivity contribution in [3.63, 3.8) is 0 Å². The first kappa shape index (κ1) is 14.7. The Labute approximate surface area is 112 Å². The van der Waals surface area contributed by atoms with Gasteiger partial charge in [0.15, 0.2) is 0 Å². The predicted octanol–water partition coefficient (Wildman–Crippen LogP) is 3.12. The fourth-order valence-electron chi connectivity index (χ4n) is 2.77. The molecular weight excluding hydrogens is 220 g/mol. The Morgan fingerprint density at radius 1 is 1.22 bits per heavy atom. The summed E-state index contributed by atoms with van der Waals surface area (Å²) in [6, 6.07) is 1.04. The molecule has 3 atom stereocenters. The summed E-state index contributed by atoms with van der Waals surface area (Å²) in [5, 5.41) is 3.54. The molecule has 0 radical (unpaired) electrons. The van der Waals surface area contributed by atoms with Crippen LogP contribution in [0.1, 0.15) is 33.1 Å². The van der Waals surface area contributed by atoms with Crippen molar-refractivity contribution in [2.45, 2.75) is 45.2 Å². The molecule has 0 aromatic heterocycles. The van der Waals surface area contributed by atoms with E-state index >= 15 is 0 Å². The van der Waals surface area contributed by atoms with E-state index in [0.29, 0.717) is 18.0 Å². The van der Waals surface area contributed by atoms with Crippen molar-refractivity contribution in [2.75, 3.05) is 6.54 Å². The van der Waals surface area contributed by atoms with Gasteiger partial charge in [0.05, 0.1) is 12.5 Å². The second-order valence-electron chi connectivity index (χ2n) is 5.17. The molecule has 2 nitrogen and oxygen atoms in total. The molecule has 0 spiro atoms. The normalized spacial score (nSPS) is 22.2. The number of amidine groups is 1. The van der Waals surface area contributed by atoms with E-state index in [9.17, 15) is 0 Å². The van der Waals surface area contributed by atoms with Crippen molar-refractivity contribution >= 4 is 5.84 Å². The summed E-state index contributed by atoms with van der Waals surface area (Å²) in [7, 11) is 0. The summed E-state index contributed by atoms with van der Waals surface area (Å²) in [6.07, 6.45) is 8.98. The monoisotopic (exact) mass is 247 g/mol. The van der Waals surface area contributed by atoms with E-state index in [2.05, 4.69) is 43.5 Å². The van der Waals surface area contributed by atoms with Crippen LogP contribution in [0.4, 0.5) is 0 Å². The van der Waals surface area contributed by atoms with Crippen LogP contribution >= 0.6 is 0 Å². The summed E-state index contributed by atoms with van der Waals surface area (Å²) in [5.74, 6) is 1.92. The Kier molecular flexibility index (Phi) is 5.90. The van der Waals surface area contributed by atoms with E-state index in [1.54, 1.807) is 0 Å².